The highest BCUT2D eigenvalue weighted by molar-refractivity contribution is 7.60. The van der Waals surface area contributed by atoms with Crippen LogP contribution in [0.3, 0.4) is 0 Å². The van der Waals surface area contributed by atoms with E-state index in [1.807, 2.05) is 0 Å². The lowest BCUT2D eigenvalue weighted by Gasteiger charge is -2.16. The fraction of sp³-hybridized carbons (Fsp3) is 0.667. The van der Waals surface area contributed by atoms with Gasteiger partial charge >= 0.3 is 21.3 Å². The van der Waals surface area contributed by atoms with Gasteiger partial charge in [0.2, 0.25) is 0 Å². The standard InChI is InChI=1S/C9H13N3O5.C3H10O9P2/c10-5-1-2-12(9(16)11-5)8-7(15)6(14)4(3-13)17-8;4-1-3(5)2-11-14(9,10)12-13(6,7)8/h1-2,4,6-8,13-15H,3H2,(H2,10,11,16);3-5H,1-2H2,(H,9,10)(H2,6,7,8)/t4-,6-,7-,8-;/m1./s1. The first-order valence-corrected chi connectivity index (χ1v) is 11.2. The minimum atomic E-state index is -5.14. The molecule has 19 heteroatoms. The van der Waals surface area contributed by atoms with Crippen LogP contribution in [-0.4, -0.2) is 94.0 Å². The zero-order valence-corrected chi connectivity index (χ0v) is 17.3. The van der Waals surface area contributed by atoms with Crippen LogP contribution in [0.15, 0.2) is 17.1 Å². The summed E-state index contributed by atoms with van der Waals surface area (Å²) in [7, 11) is -10.1. The summed E-state index contributed by atoms with van der Waals surface area (Å²) in [6, 6.07) is 1.37. The normalized spacial score (nSPS) is 26.6. The fourth-order valence-corrected chi connectivity index (χ4v) is 3.74. The lowest BCUT2D eigenvalue weighted by atomic mass is 10.1. The summed E-state index contributed by atoms with van der Waals surface area (Å²) in [5, 5.41) is 45.1. The molecule has 31 heavy (non-hydrogen) atoms. The van der Waals surface area contributed by atoms with Gasteiger partial charge in [0.15, 0.2) is 6.23 Å². The van der Waals surface area contributed by atoms with Crippen LogP contribution in [0.1, 0.15) is 6.23 Å². The van der Waals surface area contributed by atoms with Crippen molar-refractivity contribution in [2.75, 3.05) is 25.6 Å². The van der Waals surface area contributed by atoms with Crippen LogP contribution in [0, 0.1) is 0 Å². The SMILES string of the molecule is Nc1ccn([C@@H]2O[C@H](CO)[C@@H](O)[C@H]2O)c(=O)n1.O=P(O)(O)OP(=O)(O)OCC(O)CO. The van der Waals surface area contributed by atoms with E-state index in [0.717, 1.165) is 4.57 Å². The third-order valence-corrected chi connectivity index (χ3v) is 5.64. The van der Waals surface area contributed by atoms with Gasteiger partial charge in [-0.15, -0.1) is 0 Å². The number of aromatic nitrogens is 2. The maximum Gasteiger partial charge on any atom is 0.481 e. The molecule has 1 aromatic heterocycles. The number of ether oxygens (including phenoxy) is 1. The number of phosphoric acid groups is 2. The maximum atomic E-state index is 11.5. The Balaban J connectivity index is 0.000000318. The highest BCUT2D eigenvalue weighted by Gasteiger charge is 2.43. The van der Waals surface area contributed by atoms with Gasteiger partial charge in [0.05, 0.1) is 19.8 Å². The van der Waals surface area contributed by atoms with Crippen LogP contribution in [-0.2, 0) is 22.7 Å². The molecule has 1 aliphatic rings. The van der Waals surface area contributed by atoms with Crippen molar-refractivity contribution >= 4 is 21.5 Å². The number of aliphatic hydroxyl groups is 5. The molecule has 0 radical (unpaired) electrons. The fourth-order valence-electron chi connectivity index (χ4n) is 2.12. The molecular formula is C12H23N3O14P2. The zero-order chi connectivity index (χ0) is 24.0. The van der Waals surface area contributed by atoms with Crippen LogP contribution in [0.2, 0.25) is 0 Å². The number of rotatable bonds is 8. The van der Waals surface area contributed by atoms with Crippen molar-refractivity contribution in [3.63, 3.8) is 0 Å². The van der Waals surface area contributed by atoms with Crippen LogP contribution in [0.25, 0.3) is 0 Å². The number of hydrogen-bond acceptors (Lipinski definition) is 13. The molecule has 1 saturated heterocycles. The van der Waals surface area contributed by atoms with Crippen molar-refractivity contribution < 1.29 is 62.9 Å². The average molecular weight is 495 g/mol. The third kappa shape index (κ3) is 8.99. The van der Waals surface area contributed by atoms with E-state index in [-0.39, 0.29) is 5.82 Å². The van der Waals surface area contributed by atoms with Crippen molar-refractivity contribution in [1.29, 1.82) is 0 Å². The predicted molar refractivity (Wildman–Crippen MR) is 97.9 cm³/mol. The minimum absolute atomic E-state index is 0.0537. The Hall–Kier alpha value is -1.30. The molecule has 2 rings (SSSR count). The summed E-state index contributed by atoms with van der Waals surface area (Å²) < 4.78 is 34.3. The van der Waals surface area contributed by atoms with Gasteiger partial charge in [-0.1, -0.05) is 0 Å². The topological polar surface area (TPSA) is 285 Å². The van der Waals surface area contributed by atoms with Gasteiger partial charge in [-0.2, -0.15) is 9.29 Å². The lowest BCUT2D eigenvalue weighted by molar-refractivity contribution is -0.0549. The molecular weight excluding hydrogens is 472 g/mol. The monoisotopic (exact) mass is 495 g/mol. The second-order valence-electron chi connectivity index (χ2n) is 5.94. The summed E-state index contributed by atoms with van der Waals surface area (Å²) in [6.07, 6.45) is -4.70. The number of aliphatic hydroxyl groups excluding tert-OH is 5. The lowest BCUT2D eigenvalue weighted by Crippen LogP contribution is -2.36. The maximum absolute atomic E-state index is 11.5. The Morgan fingerprint density at radius 3 is 2.29 bits per heavy atom. The summed E-state index contributed by atoms with van der Waals surface area (Å²) in [5.74, 6) is 0.0537. The number of nitrogens with zero attached hydrogens (tertiary/aromatic N) is 2. The van der Waals surface area contributed by atoms with E-state index in [9.17, 15) is 24.1 Å². The van der Waals surface area contributed by atoms with E-state index < -0.39 is 71.8 Å². The van der Waals surface area contributed by atoms with Crippen molar-refractivity contribution in [3.8, 4) is 0 Å². The third-order valence-electron chi connectivity index (χ3n) is 3.49. The summed E-state index contributed by atoms with van der Waals surface area (Å²) in [6.45, 7) is -1.97. The molecule has 2 unspecified atom stereocenters. The van der Waals surface area contributed by atoms with E-state index >= 15 is 0 Å². The molecule has 0 aliphatic carbocycles. The van der Waals surface area contributed by atoms with Crippen molar-refractivity contribution in [2.45, 2.75) is 30.6 Å². The van der Waals surface area contributed by atoms with Crippen molar-refractivity contribution in [2.24, 2.45) is 0 Å². The molecule has 0 amide bonds. The molecule has 0 spiro atoms. The van der Waals surface area contributed by atoms with Gasteiger partial charge in [0, 0.05) is 6.20 Å². The molecule has 1 aliphatic heterocycles. The number of nitrogen functional groups attached to an aromatic ring is 1. The Morgan fingerprint density at radius 2 is 1.84 bits per heavy atom. The molecule has 2 heterocycles. The number of nitrogens with two attached hydrogens (primary N) is 1. The molecule has 0 bridgehead atoms. The summed E-state index contributed by atoms with van der Waals surface area (Å²) in [5.41, 5.74) is 4.63. The summed E-state index contributed by atoms with van der Waals surface area (Å²) >= 11 is 0. The largest absolute Gasteiger partial charge is 0.481 e. The van der Waals surface area contributed by atoms with Gasteiger partial charge in [-0.05, 0) is 6.07 Å². The quantitative estimate of drug-likeness (QED) is 0.155. The summed E-state index contributed by atoms with van der Waals surface area (Å²) in [4.78, 5) is 39.9. The van der Waals surface area contributed by atoms with E-state index in [1.165, 1.54) is 12.3 Å². The van der Waals surface area contributed by atoms with E-state index in [0.29, 0.717) is 0 Å². The van der Waals surface area contributed by atoms with Gasteiger partial charge in [-0.25, -0.2) is 13.9 Å². The van der Waals surface area contributed by atoms with E-state index in [2.05, 4.69) is 13.8 Å². The predicted octanol–water partition coefficient (Wildman–Crippen LogP) is -4.00. The van der Waals surface area contributed by atoms with E-state index in [1.54, 1.807) is 0 Å². The second kappa shape index (κ2) is 11.5. The molecule has 17 nitrogen and oxygen atoms in total. The van der Waals surface area contributed by atoms with Crippen LogP contribution < -0.4 is 11.4 Å². The number of hydrogen-bond donors (Lipinski definition) is 9. The molecule has 0 aromatic carbocycles. The Bertz CT molecular complexity index is 861. The van der Waals surface area contributed by atoms with Crippen molar-refractivity contribution in [3.05, 3.63) is 22.7 Å². The Morgan fingerprint density at radius 1 is 1.23 bits per heavy atom. The minimum Gasteiger partial charge on any atom is -0.394 e. The van der Waals surface area contributed by atoms with E-state index in [4.69, 9.17) is 40.5 Å². The van der Waals surface area contributed by atoms with Gasteiger partial charge in [0.25, 0.3) is 0 Å². The first kappa shape index (κ1) is 27.7. The number of phosphoric ester groups is 1. The van der Waals surface area contributed by atoms with Crippen LogP contribution in [0.5, 0.6) is 0 Å². The molecule has 6 atom stereocenters. The van der Waals surface area contributed by atoms with Gasteiger partial charge in [0.1, 0.15) is 30.2 Å². The molecule has 1 fully saturated rings. The first-order valence-electron chi connectivity index (χ1n) is 8.21. The highest BCUT2D eigenvalue weighted by Crippen LogP contribution is 2.57. The number of anilines is 1. The molecule has 0 saturated carbocycles. The molecule has 10 N–H and O–H groups in total. The smallest absolute Gasteiger partial charge is 0.394 e. The van der Waals surface area contributed by atoms with Crippen LogP contribution >= 0.6 is 15.6 Å². The highest BCUT2D eigenvalue weighted by atomic mass is 31.3. The van der Waals surface area contributed by atoms with Gasteiger partial charge < -0.3 is 50.7 Å². The Kier molecular flexibility index (Phi) is 10.3. The van der Waals surface area contributed by atoms with Crippen molar-refractivity contribution in [1.82, 2.24) is 9.55 Å². The zero-order valence-electron chi connectivity index (χ0n) is 15.6. The second-order valence-corrected chi connectivity index (χ2v) is 8.77. The van der Waals surface area contributed by atoms with Gasteiger partial charge in [-0.3, -0.25) is 9.09 Å². The molecule has 180 valence electrons. The average Bonchev–Trinajstić information content (AvgIpc) is 2.93. The van der Waals surface area contributed by atoms with Crippen LogP contribution in [0.4, 0.5) is 5.82 Å². The Labute approximate surface area is 173 Å². The molecule has 1 aromatic rings. The first-order chi connectivity index (χ1) is 14.2.